The van der Waals surface area contributed by atoms with Gasteiger partial charge in [-0.3, -0.25) is 0 Å². The average Bonchev–Trinajstić information content (AvgIpc) is 3.62. The van der Waals surface area contributed by atoms with E-state index in [0.29, 0.717) is 17.5 Å². The number of aromatic nitrogens is 3. The molecule has 0 spiro atoms. The van der Waals surface area contributed by atoms with Gasteiger partial charge in [0.25, 0.3) is 0 Å². The van der Waals surface area contributed by atoms with Crippen molar-refractivity contribution in [2.24, 2.45) is 0 Å². The molecule has 0 fully saturated rings. The zero-order chi connectivity index (χ0) is 34.9. The predicted molar refractivity (Wildman–Crippen MR) is 224 cm³/mol. The van der Waals surface area contributed by atoms with E-state index >= 15 is 0 Å². The molecule has 0 bridgehead atoms. The molecule has 0 aliphatic rings. The Balaban J connectivity index is 1.15. The third-order valence-electron chi connectivity index (χ3n) is 10.5. The molecule has 2 heterocycles. The molecule has 0 unspecified atom stereocenters. The SMILES string of the molecule is c1ccc2c(c1)cc(-c1nc(-c3ccc(-c4cccc5sc6ccccc6c45)cc3)nc(-c3cc4ccccc4c4ccccc34)n1)c1ccccc12. The van der Waals surface area contributed by atoms with E-state index in [0.717, 1.165) is 38.2 Å². The van der Waals surface area contributed by atoms with Crippen molar-refractivity contribution in [1.29, 1.82) is 0 Å². The van der Waals surface area contributed by atoms with Crippen LogP contribution in [0.25, 0.3) is 109 Å². The van der Waals surface area contributed by atoms with Crippen molar-refractivity contribution < 1.29 is 0 Å². The molecule has 0 aliphatic heterocycles. The van der Waals surface area contributed by atoms with E-state index < -0.39 is 0 Å². The highest BCUT2D eigenvalue weighted by molar-refractivity contribution is 7.25. The zero-order valence-electron chi connectivity index (χ0n) is 28.5. The first-order valence-electron chi connectivity index (χ1n) is 17.9. The molecule has 2 aromatic heterocycles. The largest absolute Gasteiger partial charge is 0.208 e. The van der Waals surface area contributed by atoms with Crippen LogP contribution in [0, 0.1) is 0 Å². The highest BCUT2D eigenvalue weighted by Crippen LogP contribution is 2.41. The van der Waals surface area contributed by atoms with Crippen LogP contribution in [0.15, 0.2) is 176 Å². The second-order valence-corrected chi connectivity index (χ2v) is 14.6. The van der Waals surface area contributed by atoms with Gasteiger partial charge >= 0.3 is 0 Å². The summed E-state index contributed by atoms with van der Waals surface area (Å²) in [6.07, 6.45) is 0. The normalized spacial score (nSPS) is 11.8. The van der Waals surface area contributed by atoms with Crippen molar-refractivity contribution in [3.63, 3.8) is 0 Å². The Morgan fingerprint density at radius 3 is 1.36 bits per heavy atom. The van der Waals surface area contributed by atoms with E-state index in [-0.39, 0.29) is 0 Å². The lowest BCUT2D eigenvalue weighted by Gasteiger charge is -2.14. The highest BCUT2D eigenvalue weighted by atomic mass is 32.1. The smallest absolute Gasteiger partial charge is 0.164 e. The van der Waals surface area contributed by atoms with Crippen LogP contribution in [0.1, 0.15) is 0 Å². The first-order chi connectivity index (χ1) is 26.3. The fourth-order valence-corrected chi connectivity index (χ4v) is 9.17. The van der Waals surface area contributed by atoms with Crippen LogP contribution in [0.2, 0.25) is 0 Å². The fraction of sp³-hybridized carbons (Fsp3) is 0. The van der Waals surface area contributed by atoms with Crippen LogP contribution >= 0.6 is 11.3 Å². The molecule has 11 rings (SSSR count). The number of fused-ring (bicyclic) bond motifs is 9. The van der Waals surface area contributed by atoms with Gasteiger partial charge in [-0.2, -0.15) is 0 Å². The summed E-state index contributed by atoms with van der Waals surface area (Å²) in [6, 6.07) is 62.7. The lowest BCUT2D eigenvalue weighted by Crippen LogP contribution is -2.01. The first kappa shape index (κ1) is 29.9. The quantitative estimate of drug-likeness (QED) is 0.172. The maximum absolute atomic E-state index is 5.31. The summed E-state index contributed by atoms with van der Waals surface area (Å²) >= 11 is 1.85. The molecule has 0 saturated carbocycles. The third kappa shape index (κ3) is 4.84. The van der Waals surface area contributed by atoms with Crippen molar-refractivity contribution in [3.8, 4) is 45.3 Å². The van der Waals surface area contributed by atoms with E-state index in [1.165, 1.54) is 52.8 Å². The molecule has 0 saturated heterocycles. The van der Waals surface area contributed by atoms with Crippen molar-refractivity contribution in [3.05, 3.63) is 176 Å². The molecule has 4 heteroatoms. The standard InChI is InChI=1S/C49H29N3S/c1-3-14-34-32(12-1)28-42(39-18-7-5-16-37(34)39)48-50-47(51-49(52-48)43-29-33-13-2-4-15-35(33)38-17-6-8-19-40(38)43)31-26-24-30(25-27-31)36-21-11-23-45-46(36)41-20-9-10-22-44(41)53-45/h1-29H. The number of benzene rings is 9. The number of nitrogens with zero attached hydrogens (tertiary/aromatic N) is 3. The summed E-state index contributed by atoms with van der Waals surface area (Å²) in [5, 5.41) is 11.9. The number of thiophene rings is 1. The maximum Gasteiger partial charge on any atom is 0.164 e. The number of hydrogen-bond acceptors (Lipinski definition) is 4. The molecular weight excluding hydrogens is 663 g/mol. The molecule has 0 radical (unpaired) electrons. The zero-order valence-corrected chi connectivity index (χ0v) is 29.3. The van der Waals surface area contributed by atoms with E-state index in [1.807, 2.05) is 11.3 Å². The van der Waals surface area contributed by atoms with Gasteiger partial charge in [0.1, 0.15) is 0 Å². The Kier molecular flexibility index (Phi) is 6.73. The second-order valence-electron chi connectivity index (χ2n) is 13.5. The molecular formula is C49H29N3S. The highest BCUT2D eigenvalue weighted by Gasteiger charge is 2.19. The lowest BCUT2D eigenvalue weighted by atomic mass is 9.96. The van der Waals surface area contributed by atoms with Crippen LogP contribution < -0.4 is 0 Å². The van der Waals surface area contributed by atoms with Gasteiger partial charge in [-0.1, -0.05) is 152 Å². The minimum Gasteiger partial charge on any atom is -0.208 e. The van der Waals surface area contributed by atoms with E-state index in [2.05, 4.69) is 176 Å². The monoisotopic (exact) mass is 691 g/mol. The van der Waals surface area contributed by atoms with Gasteiger partial charge in [0, 0.05) is 36.9 Å². The molecule has 11 aromatic rings. The lowest BCUT2D eigenvalue weighted by molar-refractivity contribution is 1.08. The average molecular weight is 692 g/mol. The van der Waals surface area contributed by atoms with E-state index in [9.17, 15) is 0 Å². The molecule has 0 atom stereocenters. The van der Waals surface area contributed by atoms with Crippen molar-refractivity contribution >= 4 is 74.6 Å². The van der Waals surface area contributed by atoms with E-state index in [1.54, 1.807) is 0 Å². The number of hydrogen-bond donors (Lipinski definition) is 0. The Morgan fingerprint density at radius 2 is 0.755 bits per heavy atom. The van der Waals surface area contributed by atoms with Crippen molar-refractivity contribution in [1.82, 2.24) is 15.0 Å². The first-order valence-corrected chi connectivity index (χ1v) is 18.7. The van der Waals surface area contributed by atoms with Gasteiger partial charge in [-0.25, -0.2) is 15.0 Å². The molecule has 0 N–H and O–H groups in total. The van der Waals surface area contributed by atoms with Gasteiger partial charge < -0.3 is 0 Å². The van der Waals surface area contributed by atoms with Gasteiger partial charge in [0.05, 0.1) is 0 Å². The molecule has 53 heavy (non-hydrogen) atoms. The van der Waals surface area contributed by atoms with Crippen LogP contribution in [0.5, 0.6) is 0 Å². The topological polar surface area (TPSA) is 38.7 Å². The summed E-state index contributed by atoms with van der Waals surface area (Å²) in [5.74, 6) is 1.95. The van der Waals surface area contributed by atoms with Gasteiger partial charge in [-0.15, -0.1) is 11.3 Å². The van der Waals surface area contributed by atoms with Crippen LogP contribution in [0.4, 0.5) is 0 Å². The Bertz CT molecular complexity index is 3100. The van der Waals surface area contributed by atoms with Gasteiger partial charge in [0.15, 0.2) is 17.5 Å². The molecule has 0 aliphatic carbocycles. The molecule has 3 nitrogen and oxygen atoms in total. The summed E-state index contributed by atoms with van der Waals surface area (Å²) < 4.78 is 2.60. The fourth-order valence-electron chi connectivity index (χ4n) is 8.04. The van der Waals surface area contributed by atoms with E-state index in [4.69, 9.17) is 15.0 Å². The molecule has 246 valence electrons. The van der Waals surface area contributed by atoms with Crippen LogP contribution in [0.3, 0.4) is 0 Å². The minimum absolute atomic E-state index is 0.644. The Morgan fingerprint density at radius 1 is 0.302 bits per heavy atom. The summed E-state index contributed by atoms with van der Waals surface area (Å²) in [5.41, 5.74) is 5.31. The number of rotatable bonds is 4. The molecule has 0 amide bonds. The molecule has 9 aromatic carbocycles. The van der Waals surface area contributed by atoms with Crippen molar-refractivity contribution in [2.45, 2.75) is 0 Å². The van der Waals surface area contributed by atoms with Gasteiger partial charge in [0.2, 0.25) is 0 Å². The Labute approximate surface area is 309 Å². The Hall–Kier alpha value is -6.75. The third-order valence-corrected chi connectivity index (χ3v) is 11.6. The minimum atomic E-state index is 0.644. The predicted octanol–water partition coefficient (Wildman–Crippen LogP) is 13.5. The second kappa shape index (κ2) is 11.9. The van der Waals surface area contributed by atoms with Crippen LogP contribution in [-0.2, 0) is 0 Å². The maximum atomic E-state index is 5.31. The summed E-state index contributed by atoms with van der Waals surface area (Å²) in [4.78, 5) is 15.8. The van der Waals surface area contributed by atoms with Gasteiger partial charge in [-0.05, 0) is 78.5 Å². The summed E-state index contributed by atoms with van der Waals surface area (Å²) in [7, 11) is 0. The summed E-state index contributed by atoms with van der Waals surface area (Å²) in [6.45, 7) is 0. The van der Waals surface area contributed by atoms with Crippen molar-refractivity contribution in [2.75, 3.05) is 0 Å². The van der Waals surface area contributed by atoms with Crippen LogP contribution in [-0.4, -0.2) is 15.0 Å².